The number of carbonyl (C=O) groups excluding carboxylic acids is 1. The minimum atomic E-state index is -1.25. The van der Waals surface area contributed by atoms with Gasteiger partial charge in [-0.05, 0) is 31.6 Å². The molecule has 0 aliphatic rings. The first-order valence-electron chi connectivity index (χ1n) is 5.92. The third kappa shape index (κ3) is 3.44. The maximum absolute atomic E-state index is 11.0. The molecule has 0 fully saturated rings. The Morgan fingerprint density at radius 1 is 1.42 bits per heavy atom. The number of hydrogen-bond donors (Lipinski definition) is 4. The van der Waals surface area contributed by atoms with Gasteiger partial charge in [0, 0.05) is 0 Å². The van der Waals surface area contributed by atoms with Gasteiger partial charge in [0.25, 0.3) is 0 Å². The molecule has 4 N–H and O–H groups in total. The SMILES string of the molecule is CNCCC(O)C(O)c1ccc(OC)c(O)c1C=O. The van der Waals surface area contributed by atoms with Crippen molar-refractivity contribution in [3.8, 4) is 11.5 Å². The molecule has 0 saturated carbocycles. The molecule has 1 rings (SSSR count). The largest absolute Gasteiger partial charge is 0.504 e. The molecule has 1 aromatic rings. The van der Waals surface area contributed by atoms with E-state index >= 15 is 0 Å². The van der Waals surface area contributed by atoms with Crippen LogP contribution < -0.4 is 10.1 Å². The Morgan fingerprint density at radius 2 is 2.11 bits per heavy atom. The highest BCUT2D eigenvalue weighted by molar-refractivity contribution is 5.83. The lowest BCUT2D eigenvalue weighted by Crippen LogP contribution is -2.24. The second kappa shape index (κ2) is 7.08. The van der Waals surface area contributed by atoms with Crippen LogP contribution in [0.3, 0.4) is 0 Å². The minimum absolute atomic E-state index is 0.0737. The molecule has 0 heterocycles. The fraction of sp³-hybridized carbons (Fsp3) is 0.462. The lowest BCUT2D eigenvalue weighted by molar-refractivity contribution is 0.0135. The van der Waals surface area contributed by atoms with Gasteiger partial charge in [0.2, 0.25) is 0 Å². The highest BCUT2D eigenvalue weighted by atomic mass is 16.5. The number of ether oxygens (including phenoxy) is 1. The number of aliphatic hydroxyl groups is 2. The average molecular weight is 269 g/mol. The van der Waals surface area contributed by atoms with Crippen molar-refractivity contribution in [3.05, 3.63) is 23.3 Å². The van der Waals surface area contributed by atoms with Gasteiger partial charge in [-0.1, -0.05) is 6.07 Å². The molecule has 0 bridgehead atoms. The van der Waals surface area contributed by atoms with Gasteiger partial charge in [-0.15, -0.1) is 0 Å². The van der Waals surface area contributed by atoms with Gasteiger partial charge in [0.15, 0.2) is 17.8 Å². The van der Waals surface area contributed by atoms with Crippen LogP contribution in [-0.2, 0) is 0 Å². The summed E-state index contributed by atoms with van der Waals surface area (Å²) in [6.45, 7) is 0.525. The quantitative estimate of drug-likeness (QED) is 0.528. The maximum Gasteiger partial charge on any atom is 0.168 e. The molecule has 6 heteroatoms. The molecule has 2 unspecified atom stereocenters. The first-order valence-corrected chi connectivity index (χ1v) is 5.92. The highest BCUT2D eigenvalue weighted by Crippen LogP contribution is 2.34. The van der Waals surface area contributed by atoms with Gasteiger partial charge >= 0.3 is 0 Å². The van der Waals surface area contributed by atoms with Gasteiger partial charge in [0.05, 0.1) is 18.8 Å². The van der Waals surface area contributed by atoms with Crippen molar-refractivity contribution in [2.45, 2.75) is 18.6 Å². The first-order chi connectivity index (χ1) is 9.06. The summed E-state index contributed by atoms with van der Waals surface area (Å²) in [6.07, 6.45) is -1.52. The molecule has 1 aromatic carbocycles. The summed E-state index contributed by atoms with van der Waals surface area (Å²) in [4.78, 5) is 11.0. The summed E-state index contributed by atoms with van der Waals surface area (Å²) in [7, 11) is 3.09. The third-order valence-corrected chi connectivity index (χ3v) is 2.92. The summed E-state index contributed by atoms with van der Waals surface area (Å²) in [5, 5.41) is 32.5. The first kappa shape index (κ1) is 15.4. The second-order valence-electron chi connectivity index (χ2n) is 4.14. The minimum Gasteiger partial charge on any atom is -0.504 e. The van der Waals surface area contributed by atoms with Crippen LogP contribution in [0.1, 0.15) is 28.4 Å². The van der Waals surface area contributed by atoms with Crippen LogP contribution in [0.2, 0.25) is 0 Å². The second-order valence-corrected chi connectivity index (χ2v) is 4.14. The number of aliphatic hydroxyl groups excluding tert-OH is 2. The maximum atomic E-state index is 11.0. The zero-order chi connectivity index (χ0) is 14.4. The van der Waals surface area contributed by atoms with Crippen LogP contribution in [0.25, 0.3) is 0 Å². The van der Waals surface area contributed by atoms with E-state index in [1.807, 2.05) is 0 Å². The van der Waals surface area contributed by atoms with E-state index in [1.54, 1.807) is 7.05 Å². The predicted octanol–water partition coefficient (Wildman–Crippen LogP) is 0.217. The van der Waals surface area contributed by atoms with Crippen LogP contribution in [0, 0.1) is 0 Å². The molecular formula is C13H19NO5. The topological polar surface area (TPSA) is 99.0 Å². The number of aldehydes is 1. The Morgan fingerprint density at radius 3 is 2.63 bits per heavy atom. The Labute approximate surface area is 111 Å². The van der Waals surface area contributed by atoms with Crippen molar-refractivity contribution < 1.29 is 24.9 Å². The van der Waals surface area contributed by atoms with Crippen molar-refractivity contribution in [3.63, 3.8) is 0 Å². The van der Waals surface area contributed by atoms with E-state index in [1.165, 1.54) is 19.2 Å². The van der Waals surface area contributed by atoms with Crippen LogP contribution in [0.5, 0.6) is 11.5 Å². The monoisotopic (exact) mass is 269 g/mol. The number of carbonyl (C=O) groups is 1. The van der Waals surface area contributed by atoms with Gasteiger partial charge in [-0.3, -0.25) is 4.79 Å². The van der Waals surface area contributed by atoms with Crippen molar-refractivity contribution in [1.82, 2.24) is 5.32 Å². The van der Waals surface area contributed by atoms with Crippen LogP contribution in [0.4, 0.5) is 0 Å². The number of methoxy groups -OCH3 is 1. The Hall–Kier alpha value is -1.63. The van der Waals surface area contributed by atoms with E-state index in [9.17, 15) is 20.1 Å². The van der Waals surface area contributed by atoms with Crippen molar-refractivity contribution in [1.29, 1.82) is 0 Å². The Bertz CT molecular complexity index is 435. The number of phenols is 1. The van der Waals surface area contributed by atoms with Crippen molar-refractivity contribution in [2.24, 2.45) is 0 Å². The standard InChI is InChI=1S/C13H19NO5/c1-14-6-5-10(16)12(17)8-3-4-11(19-2)13(18)9(8)7-15/h3-4,7,10,12,14,16-18H,5-6H2,1-2H3. The van der Waals surface area contributed by atoms with E-state index in [4.69, 9.17) is 4.74 Å². The van der Waals surface area contributed by atoms with Crippen molar-refractivity contribution >= 4 is 6.29 Å². The summed E-state index contributed by atoms with van der Waals surface area (Å²) in [6, 6.07) is 2.89. The lowest BCUT2D eigenvalue weighted by atomic mass is 9.96. The average Bonchev–Trinajstić information content (AvgIpc) is 2.43. The van der Waals surface area contributed by atoms with Crippen LogP contribution >= 0.6 is 0 Å². The van der Waals surface area contributed by atoms with E-state index in [-0.39, 0.29) is 22.6 Å². The number of nitrogens with one attached hydrogen (secondary N) is 1. The summed E-state index contributed by atoms with van der Waals surface area (Å²) < 4.78 is 4.88. The van der Waals surface area contributed by atoms with E-state index < -0.39 is 12.2 Å². The molecule has 0 aliphatic carbocycles. The highest BCUT2D eigenvalue weighted by Gasteiger charge is 2.23. The van der Waals surface area contributed by atoms with E-state index in [0.29, 0.717) is 19.3 Å². The van der Waals surface area contributed by atoms with E-state index in [2.05, 4.69) is 5.32 Å². The molecular weight excluding hydrogens is 250 g/mol. The Kier molecular flexibility index (Phi) is 5.75. The number of hydrogen-bond acceptors (Lipinski definition) is 6. The molecule has 106 valence electrons. The zero-order valence-electron chi connectivity index (χ0n) is 11.0. The molecule has 0 amide bonds. The number of rotatable bonds is 7. The third-order valence-electron chi connectivity index (χ3n) is 2.92. The van der Waals surface area contributed by atoms with Crippen LogP contribution in [0.15, 0.2) is 12.1 Å². The number of aromatic hydroxyl groups is 1. The lowest BCUT2D eigenvalue weighted by Gasteiger charge is -2.20. The van der Waals surface area contributed by atoms with Crippen molar-refractivity contribution in [2.75, 3.05) is 20.7 Å². The summed E-state index contributed by atoms with van der Waals surface area (Å²) >= 11 is 0. The molecule has 0 aliphatic heterocycles. The van der Waals surface area contributed by atoms with Gasteiger partial charge in [0.1, 0.15) is 6.10 Å². The van der Waals surface area contributed by atoms with Gasteiger partial charge in [-0.25, -0.2) is 0 Å². The molecule has 0 spiro atoms. The molecule has 2 atom stereocenters. The number of phenolic OH excluding ortho intramolecular Hbond substituents is 1. The fourth-order valence-corrected chi connectivity index (χ4v) is 1.81. The predicted molar refractivity (Wildman–Crippen MR) is 69.6 cm³/mol. The molecule has 0 saturated heterocycles. The Balaban J connectivity index is 3.06. The van der Waals surface area contributed by atoms with E-state index in [0.717, 1.165) is 0 Å². The molecule has 6 nitrogen and oxygen atoms in total. The smallest absolute Gasteiger partial charge is 0.168 e. The zero-order valence-corrected chi connectivity index (χ0v) is 11.0. The fourth-order valence-electron chi connectivity index (χ4n) is 1.81. The molecule has 0 radical (unpaired) electrons. The van der Waals surface area contributed by atoms with Crippen LogP contribution in [-0.4, -0.2) is 48.4 Å². The molecule has 0 aromatic heterocycles. The summed E-state index contributed by atoms with van der Waals surface area (Å²) in [5.41, 5.74) is 0.104. The van der Waals surface area contributed by atoms with Gasteiger partial charge < -0.3 is 25.4 Å². The summed E-state index contributed by atoms with van der Waals surface area (Å²) in [5.74, 6) is -0.197. The molecule has 19 heavy (non-hydrogen) atoms. The van der Waals surface area contributed by atoms with Gasteiger partial charge in [-0.2, -0.15) is 0 Å². The number of benzene rings is 1. The normalized spacial score (nSPS) is 13.9.